The van der Waals surface area contributed by atoms with Gasteiger partial charge in [-0.3, -0.25) is 4.79 Å². The highest BCUT2D eigenvalue weighted by Crippen LogP contribution is 2.31. The SMILES string of the molecule is CCC(=O)C(=CO)N=Nc1c(C)cccc1OC. The molecule has 0 unspecified atom stereocenters. The summed E-state index contributed by atoms with van der Waals surface area (Å²) in [5, 5.41) is 16.7. The highest BCUT2D eigenvalue weighted by atomic mass is 16.5. The molecule has 0 spiro atoms. The van der Waals surface area contributed by atoms with E-state index in [-0.39, 0.29) is 17.9 Å². The second kappa shape index (κ2) is 6.54. The van der Waals surface area contributed by atoms with Crippen molar-refractivity contribution in [3.63, 3.8) is 0 Å². The molecule has 0 aromatic heterocycles. The molecule has 0 aliphatic rings. The van der Waals surface area contributed by atoms with Crippen LogP contribution in [0.1, 0.15) is 18.9 Å². The van der Waals surface area contributed by atoms with Gasteiger partial charge in [0, 0.05) is 6.42 Å². The van der Waals surface area contributed by atoms with Crippen molar-refractivity contribution < 1.29 is 14.6 Å². The van der Waals surface area contributed by atoms with Crippen molar-refractivity contribution in [1.29, 1.82) is 0 Å². The number of aryl methyl sites for hydroxylation is 1. The lowest BCUT2D eigenvalue weighted by Gasteiger charge is -2.05. The molecule has 96 valence electrons. The number of Topliss-reactive ketones (excluding diaryl/α,β-unsaturated/α-hetero) is 1. The number of aliphatic hydroxyl groups excluding tert-OH is 1. The van der Waals surface area contributed by atoms with Crippen LogP contribution in [0.2, 0.25) is 0 Å². The number of carbonyl (C=O) groups excluding carboxylic acids is 1. The number of azo groups is 1. The molecule has 0 aliphatic carbocycles. The topological polar surface area (TPSA) is 71.2 Å². The van der Waals surface area contributed by atoms with E-state index < -0.39 is 0 Å². The fourth-order valence-corrected chi connectivity index (χ4v) is 1.36. The van der Waals surface area contributed by atoms with Crippen molar-refractivity contribution >= 4 is 11.5 Å². The van der Waals surface area contributed by atoms with Crippen molar-refractivity contribution in [3.8, 4) is 5.75 Å². The third kappa shape index (κ3) is 3.16. The molecule has 0 saturated heterocycles. The Kier molecular flexibility index (Phi) is 5.05. The normalized spacial score (nSPS) is 11.8. The Hall–Kier alpha value is -2.17. The molecular weight excluding hydrogens is 232 g/mol. The van der Waals surface area contributed by atoms with Gasteiger partial charge in [0.25, 0.3) is 0 Å². The van der Waals surface area contributed by atoms with Gasteiger partial charge in [0.1, 0.15) is 17.7 Å². The summed E-state index contributed by atoms with van der Waals surface area (Å²) < 4.78 is 5.16. The Morgan fingerprint density at radius 3 is 2.78 bits per heavy atom. The fraction of sp³-hybridized carbons (Fsp3) is 0.308. The van der Waals surface area contributed by atoms with Crippen LogP contribution in [0.25, 0.3) is 0 Å². The van der Waals surface area contributed by atoms with Gasteiger partial charge in [0.2, 0.25) is 0 Å². The number of ether oxygens (including phenoxy) is 1. The number of hydrogen-bond acceptors (Lipinski definition) is 5. The van der Waals surface area contributed by atoms with Crippen molar-refractivity contribution in [2.45, 2.75) is 20.3 Å². The van der Waals surface area contributed by atoms with Crippen LogP contribution >= 0.6 is 0 Å². The Morgan fingerprint density at radius 1 is 1.50 bits per heavy atom. The zero-order valence-electron chi connectivity index (χ0n) is 10.7. The number of nitrogens with zero attached hydrogens (tertiary/aromatic N) is 2. The summed E-state index contributed by atoms with van der Waals surface area (Å²) in [6.45, 7) is 3.55. The third-order valence-corrected chi connectivity index (χ3v) is 2.41. The summed E-state index contributed by atoms with van der Waals surface area (Å²) in [7, 11) is 1.54. The number of carbonyl (C=O) groups is 1. The van der Waals surface area contributed by atoms with Crippen molar-refractivity contribution in [1.82, 2.24) is 0 Å². The number of rotatable bonds is 5. The Labute approximate surface area is 106 Å². The molecule has 5 heteroatoms. The number of hydrogen-bond donors (Lipinski definition) is 1. The maximum absolute atomic E-state index is 11.4. The van der Waals surface area contributed by atoms with Gasteiger partial charge in [-0.25, -0.2) is 0 Å². The zero-order valence-corrected chi connectivity index (χ0v) is 10.7. The molecule has 1 aromatic carbocycles. The van der Waals surface area contributed by atoms with Gasteiger partial charge in [0.15, 0.2) is 11.5 Å². The molecule has 0 bridgehead atoms. The maximum Gasteiger partial charge on any atom is 0.185 e. The van der Waals surface area contributed by atoms with Crippen LogP contribution in [-0.2, 0) is 4.79 Å². The molecular formula is C13H16N2O3. The molecule has 0 amide bonds. The van der Waals surface area contributed by atoms with E-state index in [0.29, 0.717) is 17.7 Å². The quantitative estimate of drug-likeness (QED) is 0.492. The summed E-state index contributed by atoms with van der Waals surface area (Å²) in [4.78, 5) is 11.4. The van der Waals surface area contributed by atoms with Gasteiger partial charge in [-0.2, -0.15) is 0 Å². The van der Waals surface area contributed by atoms with Crippen LogP contribution in [-0.4, -0.2) is 18.0 Å². The minimum atomic E-state index is -0.270. The van der Waals surface area contributed by atoms with Crippen LogP contribution in [0.15, 0.2) is 40.4 Å². The van der Waals surface area contributed by atoms with E-state index in [4.69, 9.17) is 9.84 Å². The second-order valence-electron chi connectivity index (χ2n) is 3.62. The van der Waals surface area contributed by atoms with Gasteiger partial charge >= 0.3 is 0 Å². The van der Waals surface area contributed by atoms with Crippen molar-refractivity contribution in [2.24, 2.45) is 10.2 Å². The molecule has 0 heterocycles. The summed E-state index contributed by atoms with van der Waals surface area (Å²) in [6, 6.07) is 5.46. The van der Waals surface area contributed by atoms with Crippen molar-refractivity contribution in [3.05, 3.63) is 35.7 Å². The molecule has 1 rings (SSSR count). The summed E-state index contributed by atoms with van der Waals surface area (Å²) in [6.07, 6.45) is 0.927. The van der Waals surface area contributed by atoms with Gasteiger partial charge in [-0.05, 0) is 18.6 Å². The zero-order chi connectivity index (χ0) is 13.5. The second-order valence-corrected chi connectivity index (χ2v) is 3.62. The lowest BCUT2D eigenvalue weighted by atomic mass is 10.2. The van der Waals surface area contributed by atoms with Crippen molar-refractivity contribution in [2.75, 3.05) is 7.11 Å². The van der Waals surface area contributed by atoms with E-state index in [0.717, 1.165) is 5.56 Å². The minimum absolute atomic E-state index is 0.0668. The molecule has 18 heavy (non-hydrogen) atoms. The van der Waals surface area contributed by atoms with Crippen LogP contribution in [0.3, 0.4) is 0 Å². The first-order valence-electron chi connectivity index (χ1n) is 5.57. The predicted octanol–water partition coefficient (Wildman–Crippen LogP) is 3.47. The third-order valence-electron chi connectivity index (χ3n) is 2.41. The summed E-state index contributed by atoms with van der Waals surface area (Å²) in [5.74, 6) is 0.300. The molecule has 1 aromatic rings. The number of methoxy groups -OCH3 is 1. The minimum Gasteiger partial charge on any atom is -0.513 e. The Balaban J connectivity index is 3.07. The monoisotopic (exact) mass is 248 g/mol. The van der Waals surface area contributed by atoms with Gasteiger partial charge in [-0.15, -0.1) is 10.2 Å². The first kappa shape index (κ1) is 13.9. The highest BCUT2D eigenvalue weighted by molar-refractivity contribution is 5.94. The lowest BCUT2D eigenvalue weighted by Crippen LogP contribution is -1.97. The number of ketones is 1. The number of benzene rings is 1. The van der Waals surface area contributed by atoms with Crippen LogP contribution < -0.4 is 4.74 Å². The number of allylic oxidation sites excluding steroid dienone is 1. The van der Waals surface area contributed by atoms with E-state index >= 15 is 0 Å². The standard InChI is InChI=1S/C13H16N2O3/c1-4-11(17)10(8-16)14-15-13-9(2)6-5-7-12(13)18-3/h5-8,16H,4H2,1-3H3. The molecule has 0 atom stereocenters. The van der Waals surface area contributed by atoms with E-state index in [9.17, 15) is 4.79 Å². The molecule has 0 fully saturated rings. The molecule has 1 N–H and O–H groups in total. The molecule has 0 radical (unpaired) electrons. The number of aliphatic hydroxyl groups is 1. The van der Waals surface area contributed by atoms with E-state index in [2.05, 4.69) is 10.2 Å². The van der Waals surface area contributed by atoms with Crippen LogP contribution in [0, 0.1) is 6.92 Å². The summed E-state index contributed by atoms with van der Waals surface area (Å²) in [5.41, 5.74) is 1.35. The molecule has 0 saturated carbocycles. The highest BCUT2D eigenvalue weighted by Gasteiger charge is 2.08. The van der Waals surface area contributed by atoms with Gasteiger partial charge in [0.05, 0.1) is 7.11 Å². The molecule has 0 aliphatic heterocycles. The average molecular weight is 248 g/mol. The first-order chi connectivity index (χ1) is 8.63. The Bertz CT molecular complexity index is 493. The predicted molar refractivity (Wildman–Crippen MR) is 68.3 cm³/mol. The maximum atomic E-state index is 11.4. The first-order valence-corrected chi connectivity index (χ1v) is 5.57. The fourth-order valence-electron chi connectivity index (χ4n) is 1.36. The molecule has 5 nitrogen and oxygen atoms in total. The van der Waals surface area contributed by atoms with E-state index in [1.165, 1.54) is 7.11 Å². The summed E-state index contributed by atoms with van der Waals surface area (Å²) >= 11 is 0. The lowest BCUT2D eigenvalue weighted by molar-refractivity contribution is -0.115. The van der Waals surface area contributed by atoms with Crippen LogP contribution in [0.4, 0.5) is 5.69 Å². The van der Waals surface area contributed by atoms with Gasteiger partial charge < -0.3 is 9.84 Å². The average Bonchev–Trinajstić information content (AvgIpc) is 2.40. The van der Waals surface area contributed by atoms with E-state index in [1.807, 2.05) is 19.1 Å². The van der Waals surface area contributed by atoms with Crippen LogP contribution in [0.5, 0.6) is 5.75 Å². The largest absolute Gasteiger partial charge is 0.513 e. The van der Waals surface area contributed by atoms with E-state index in [1.54, 1.807) is 13.0 Å². The Morgan fingerprint density at radius 2 is 2.22 bits per heavy atom. The smallest absolute Gasteiger partial charge is 0.185 e. The van der Waals surface area contributed by atoms with Gasteiger partial charge in [-0.1, -0.05) is 19.1 Å².